The van der Waals surface area contributed by atoms with Gasteiger partial charge in [-0.2, -0.15) is 0 Å². The molecule has 0 fully saturated rings. The van der Waals surface area contributed by atoms with E-state index in [0.717, 1.165) is 16.5 Å². The van der Waals surface area contributed by atoms with Crippen LogP contribution in [0.4, 0.5) is 0 Å². The normalized spacial score (nSPS) is 10.5. The molecular formula is C10H10BNO2. The first-order valence-corrected chi connectivity index (χ1v) is 4.40. The molecule has 1 heterocycles. The van der Waals surface area contributed by atoms with Gasteiger partial charge in [-0.25, -0.2) is 0 Å². The van der Waals surface area contributed by atoms with Crippen molar-refractivity contribution in [1.29, 1.82) is 0 Å². The summed E-state index contributed by atoms with van der Waals surface area (Å²) in [5.41, 5.74) is 2.35. The van der Waals surface area contributed by atoms with E-state index in [1.165, 1.54) is 0 Å². The van der Waals surface area contributed by atoms with Gasteiger partial charge in [0, 0.05) is 11.6 Å². The van der Waals surface area contributed by atoms with Gasteiger partial charge in [-0.05, 0) is 24.5 Å². The summed E-state index contributed by atoms with van der Waals surface area (Å²) in [5.74, 6) is 0. The van der Waals surface area contributed by atoms with Crippen molar-refractivity contribution in [2.75, 3.05) is 0 Å². The molecule has 0 aliphatic rings. The number of fused-ring (bicyclic) bond motifs is 1. The molecule has 1 aromatic heterocycles. The van der Waals surface area contributed by atoms with Gasteiger partial charge in [0.15, 0.2) is 0 Å². The van der Waals surface area contributed by atoms with E-state index in [9.17, 15) is 0 Å². The molecule has 0 bridgehead atoms. The highest BCUT2D eigenvalue weighted by Crippen LogP contribution is 2.11. The highest BCUT2D eigenvalue weighted by atomic mass is 16.4. The zero-order chi connectivity index (χ0) is 10.1. The van der Waals surface area contributed by atoms with E-state index in [2.05, 4.69) is 4.98 Å². The molecule has 4 heteroatoms. The Bertz CT molecular complexity index is 471. The minimum Gasteiger partial charge on any atom is -0.423 e. The fourth-order valence-corrected chi connectivity index (χ4v) is 1.51. The van der Waals surface area contributed by atoms with Gasteiger partial charge in [-0.3, -0.25) is 4.98 Å². The zero-order valence-corrected chi connectivity index (χ0v) is 7.81. The van der Waals surface area contributed by atoms with E-state index in [1.807, 2.05) is 25.1 Å². The summed E-state index contributed by atoms with van der Waals surface area (Å²) in [6.07, 6.45) is 1.58. The fourth-order valence-electron chi connectivity index (χ4n) is 1.51. The standard InChI is InChI=1S/C10H10BNO2/c1-7-2-3-10-8(6-7)9(11(13)14)4-5-12-10/h2-6,13-14H,1H3. The van der Waals surface area contributed by atoms with Crippen LogP contribution in [-0.2, 0) is 0 Å². The predicted octanol–water partition coefficient (Wildman–Crippen LogP) is 0.223. The topological polar surface area (TPSA) is 53.4 Å². The molecule has 0 saturated carbocycles. The summed E-state index contributed by atoms with van der Waals surface area (Å²) in [4.78, 5) is 4.14. The quantitative estimate of drug-likeness (QED) is 0.628. The second kappa shape index (κ2) is 3.40. The van der Waals surface area contributed by atoms with Crippen LogP contribution >= 0.6 is 0 Å². The van der Waals surface area contributed by atoms with Gasteiger partial charge in [0.2, 0.25) is 0 Å². The highest BCUT2D eigenvalue weighted by molar-refractivity contribution is 6.61. The number of pyridine rings is 1. The minimum atomic E-state index is -1.44. The van der Waals surface area contributed by atoms with E-state index in [4.69, 9.17) is 10.0 Å². The first kappa shape index (κ1) is 9.18. The molecule has 0 radical (unpaired) electrons. The van der Waals surface area contributed by atoms with Crippen LogP contribution < -0.4 is 5.46 Å². The van der Waals surface area contributed by atoms with Crippen molar-refractivity contribution in [3.05, 3.63) is 36.0 Å². The average molecular weight is 187 g/mol. The van der Waals surface area contributed by atoms with Gasteiger partial charge in [-0.15, -0.1) is 0 Å². The third-order valence-corrected chi connectivity index (χ3v) is 2.21. The van der Waals surface area contributed by atoms with Crippen LogP contribution in [-0.4, -0.2) is 22.2 Å². The van der Waals surface area contributed by atoms with Crippen molar-refractivity contribution in [3.8, 4) is 0 Å². The molecule has 0 amide bonds. The molecular weight excluding hydrogens is 177 g/mol. The van der Waals surface area contributed by atoms with Crippen LogP contribution in [0.2, 0.25) is 0 Å². The molecule has 1 aromatic carbocycles. The third kappa shape index (κ3) is 1.50. The van der Waals surface area contributed by atoms with Crippen molar-refractivity contribution >= 4 is 23.5 Å². The molecule has 0 aliphatic heterocycles. The summed E-state index contributed by atoms with van der Waals surface area (Å²) in [7, 11) is -1.44. The molecule has 0 saturated heterocycles. The maximum Gasteiger partial charge on any atom is 0.489 e. The van der Waals surface area contributed by atoms with Crippen molar-refractivity contribution in [2.45, 2.75) is 6.92 Å². The van der Waals surface area contributed by atoms with E-state index in [-0.39, 0.29) is 0 Å². The van der Waals surface area contributed by atoms with Gasteiger partial charge in [-0.1, -0.05) is 17.7 Å². The molecule has 2 rings (SSSR count). The van der Waals surface area contributed by atoms with Gasteiger partial charge >= 0.3 is 7.12 Å². The lowest BCUT2D eigenvalue weighted by Crippen LogP contribution is -2.30. The van der Waals surface area contributed by atoms with Crippen LogP contribution in [0.15, 0.2) is 30.5 Å². The largest absolute Gasteiger partial charge is 0.489 e. The fraction of sp³-hybridized carbons (Fsp3) is 0.100. The van der Waals surface area contributed by atoms with E-state index < -0.39 is 7.12 Å². The van der Waals surface area contributed by atoms with Crippen LogP contribution in [0.5, 0.6) is 0 Å². The Hall–Kier alpha value is -1.39. The lowest BCUT2D eigenvalue weighted by atomic mass is 9.78. The van der Waals surface area contributed by atoms with Crippen LogP contribution in [0, 0.1) is 6.92 Å². The van der Waals surface area contributed by atoms with Crippen molar-refractivity contribution in [1.82, 2.24) is 4.98 Å². The molecule has 0 atom stereocenters. The van der Waals surface area contributed by atoms with E-state index in [0.29, 0.717) is 5.46 Å². The van der Waals surface area contributed by atoms with Gasteiger partial charge in [0.1, 0.15) is 0 Å². The number of rotatable bonds is 1. The third-order valence-electron chi connectivity index (χ3n) is 2.21. The monoisotopic (exact) mass is 187 g/mol. The van der Waals surface area contributed by atoms with Crippen molar-refractivity contribution < 1.29 is 10.0 Å². The Labute approximate surface area is 82.2 Å². The molecule has 0 spiro atoms. The number of hydrogen-bond donors (Lipinski definition) is 2. The summed E-state index contributed by atoms with van der Waals surface area (Å²) in [6, 6.07) is 7.34. The summed E-state index contributed by atoms with van der Waals surface area (Å²) in [5, 5.41) is 19.1. The number of nitrogens with zero attached hydrogens (tertiary/aromatic N) is 1. The zero-order valence-electron chi connectivity index (χ0n) is 7.81. The summed E-state index contributed by atoms with van der Waals surface area (Å²) in [6.45, 7) is 1.96. The van der Waals surface area contributed by atoms with Crippen LogP contribution in [0.1, 0.15) is 5.56 Å². The number of hydrogen-bond acceptors (Lipinski definition) is 3. The summed E-state index contributed by atoms with van der Waals surface area (Å²) >= 11 is 0. The molecule has 3 nitrogen and oxygen atoms in total. The van der Waals surface area contributed by atoms with Crippen LogP contribution in [0.3, 0.4) is 0 Å². The second-order valence-electron chi connectivity index (χ2n) is 3.29. The predicted molar refractivity (Wildman–Crippen MR) is 56.3 cm³/mol. The number of benzene rings is 1. The van der Waals surface area contributed by atoms with Gasteiger partial charge in [0.05, 0.1) is 5.52 Å². The maximum absolute atomic E-state index is 9.14. The molecule has 70 valence electrons. The molecule has 2 N–H and O–H groups in total. The van der Waals surface area contributed by atoms with E-state index in [1.54, 1.807) is 12.3 Å². The Morgan fingerprint density at radius 3 is 2.71 bits per heavy atom. The SMILES string of the molecule is Cc1ccc2nccc(B(O)O)c2c1. The molecule has 0 aliphatic carbocycles. The molecule has 0 unspecified atom stereocenters. The van der Waals surface area contributed by atoms with Gasteiger partial charge < -0.3 is 10.0 Å². The van der Waals surface area contributed by atoms with Crippen molar-refractivity contribution in [2.24, 2.45) is 0 Å². The summed E-state index contributed by atoms with van der Waals surface area (Å²) < 4.78 is 0. The Morgan fingerprint density at radius 1 is 1.21 bits per heavy atom. The second-order valence-corrected chi connectivity index (χ2v) is 3.29. The Balaban J connectivity index is 2.77. The maximum atomic E-state index is 9.14. The minimum absolute atomic E-state index is 0.499. The highest BCUT2D eigenvalue weighted by Gasteiger charge is 2.14. The Morgan fingerprint density at radius 2 is 2.00 bits per heavy atom. The van der Waals surface area contributed by atoms with Gasteiger partial charge in [0.25, 0.3) is 0 Å². The van der Waals surface area contributed by atoms with Crippen molar-refractivity contribution in [3.63, 3.8) is 0 Å². The lowest BCUT2D eigenvalue weighted by Gasteiger charge is -2.05. The average Bonchev–Trinajstić information content (AvgIpc) is 2.16. The van der Waals surface area contributed by atoms with E-state index >= 15 is 0 Å². The molecule has 2 aromatic rings. The molecule has 14 heavy (non-hydrogen) atoms. The number of aryl methyl sites for hydroxylation is 1. The first-order chi connectivity index (χ1) is 6.68. The smallest absolute Gasteiger partial charge is 0.423 e. The Kier molecular flexibility index (Phi) is 2.23. The first-order valence-electron chi connectivity index (χ1n) is 4.40. The van der Waals surface area contributed by atoms with Crippen LogP contribution in [0.25, 0.3) is 10.9 Å². The number of aromatic nitrogens is 1. The lowest BCUT2D eigenvalue weighted by molar-refractivity contribution is 0.426.